The maximum Gasteiger partial charge on any atom is 0.269 e. The standard InChI is InChI=1S/C23H32N2O4/c1-3-28-19-6-5-18(10-20(19)29-4-2)22(27)25-24-21(26)14-23-11-15-7-16(12-23)9-17(8-15)13-23/h5-6,10,15-17H,3-4,7-9,11-14H2,1-2H3,(H,24,26)(H,25,27). The van der Waals surface area contributed by atoms with Gasteiger partial charge in [-0.2, -0.15) is 0 Å². The fourth-order valence-corrected chi connectivity index (χ4v) is 6.28. The summed E-state index contributed by atoms with van der Waals surface area (Å²) in [5.41, 5.74) is 5.78. The first-order valence-electron chi connectivity index (χ1n) is 11.0. The molecule has 29 heavy (non-hydrogen) atoms. The molecule has 0 aliphatic heterocycles. The van der Waals surface area contributed by atoms with Crippen molar-refractivity contribution in [2.75, 3.05) is 13.2 Å². The number of carbonyl (C=O) groups is 2. The van der Waals surface area contributed by atoms with Crippen LogP contribution in [0.5, 0.6) is 11.5 Å². The number of rotatable bonds is 7. The summed E-state index contributed by atoms with van der Waals surface area (Å²) in [5.74, 6) is 3.13. The zero-order chi connectivity index (χ0) is 20.4. The quantitative estimate of drug-likeness (QED) is 0.682. The second-order valence-corrected chi connectivity index (χ2v) is 9.12. The molecule has 0 saturated heterocycles. The summed E-state index contributed by atoms with van der Waals surface area (Å²) in [6.45, 7) is 4.78. The average molecular weight is 401 g/mol. The van der Waals surface area contributed by atoms with Crippen molar-refractivity contribution in [1.82, 2.24) is 10.9 Å². The third kappa shape index (κ3) is 4.36. The molecule has 4 fully saturated rings. The van der Waals surface area contributed by atoms with Gasteiger partial charge in [0.1, 0.15) is 0 Å². The highest BCUT2D eigenvalue weighted by Gasteiger charge is 2.51. The summed E-state index contributed by atoms with van der Waals surface area (Å²) < 4.78 is 11.1. The number of ether oxygens (including phenoxy) is 2. The van der Waals surface area contributed by atoms with Crippen LogP contribution in [0.1, 0.15) is 69.2 Å². The molecule has 0 radical (unpaired) electrons. The predicted molar refractivity (Wildman–Crippen MR) is 110 cm³/mol. The Kier molecular flexibility index (Phi) is 5.70. The van der Waals surface area contributed by atoms with Crippen molar-refractivity contribution in [2.45, 2.75) is 58.8 Å². The van der Waals surface area contributed by atoms with Gasteiger partial charge in [0.2, 0.25) is 5.91 Å². The summed E-state index contributed by atoms with van der Waals surface area (Å²) >= 11 is 0. The van der Waals surface area contributed by atoms with Gasteiger partial charge in [-0.15, -0.1) is 0 Å². The number of carbonyl (C=O) groups excluding carboxylic acids is 2. The highest BCUT2D eigenvalue weighted by atomic mass is 16.5. The molecule has 0 atom stereocenters. The Morgan fingerprint density at radius 3 is 2.10 bits per heavy atom. The Labute approximate surface area is 172 Å². The number of nitrogens with one attached hydrogen (secondary N) is 2. The first-order valence-corrected chi connectivity index (χ1v) is 11.0. The lowest BCUT2D eigenvalue weighted by atomic mass is 9.49. The zero-order valence-corrected chi connectivity index (χ0v) is 17.5. The lowest BCUT2D eigenvalue weighted by Crippen LogP contribution is -2.50. The average Bonchev–Trinajstić information content (AvgIpc) is 2.66. The Hall–Kier alpha value is -2.24. The normalized spacial score (nSPS) is 29.4. The van der Waals surface area contributed by atoms with Gasteiger partial charge < -0.3 is 9.47 Å². The molecule has 4 aliphatic rings. The molecule has 2 N–H and O–H groups in total. The van der Waals surface area contributed by atoms with E-state index in [2.05, 4.69) is 10.9 Å². The molecule has 6 nitrogen and oxygen atoms in total. The minimum absolute atomic E-state index is 0.0868. The summed E-state index contributed by atoms with van der Waals surface area (Å²) in [7, 11) is 0. The Bertz CT molecular complexity index is 741. The van der Waals surface area contributed by atoms with Crippen LogP contribution in [0.3, 0.4) is 0 Å². The van der Waals surface area contributed by atoms with Gasteiger partial charge >= 0.3 is 0 Å². The van der Waals surface area contributed by atoms with Crippen LogP contribution in [0.2, 0.25) is 0 Å². The van der Waals surface area contributed by atoms with Crippen LogP contribution in [-0.4, -0.2) is 25.0 Å². The molecule has 0 heterocycles. The van der Waals surface area contributed by atoms with Crippen molar-refractivity contribution < 1.29 is 19.1 Å². The topological polar surface area (TPSA) is 76.7 Å². The summed E-state index contributed by atoms with van der Waals surface area (Å²) in [6.07, 6.45) is 8.13. The zero-order valence-electron chi connectivity index (χ0n) is 17.5. The molecular formula is C23H32N2O4. The van der Waals surface area contributed by atoms with E-state index < -0.39 is 0 Å². The van der Waals surface area contributed by atoms with Gasteiger partial charge in [-0.3, -0.25) is 20.4 Å². The smallest absolute Gasteiger partial charge is 0.269 e. The molecule has 4 saturated carbocycles. The minimum atomic E-state index is -0.354. The number of benzene rings is 1. The molecule has 158 valence electrons. The maximum absolute atomic E-state index is 12.6. The molecule has 0 aromatic heterocycles. The molecule has 4 aliphatic carbocycles. The van der Waals surface area contributed by atoms with Crippen molar-refractivity contribution in [1.29, 1.82) is 0 Å². The maximum atomic E-state index is 12.6. The number of hydrogen-bond donors (Lipinski definition) is 2. The van der Waals surface area contributed by atoms with Gasteiger partial charge in [-0.25, -0.2) is 0 Å². The highest BCUT2D eigenvalue weighted by molar-refractivity contribution is 5.96. The fraction of sp³-hybridized carbons (Fsp3) is 0.652. The van der Waals surface area contributed by atoms with E-state index in [9.17, 15) is 9.59 Å². The predicted octanol–water partition coefficient (Wildman–Crippen LogP) is 3.85. The highest BCUT2D eigenvalue weighted by Crippen LogP contribution is 2.61. The molecule has 5 rings (SSSR count). The monoisotopic (exact) mass is 400 g/mol. The number of hydrazine groups is 1. The molecular weight excluding hydrogens is 368 g/mol. The van der Waals surface area contributed by atoms with E-state index in [4.69, 9.17) is 9.47 Å². The van der Waals surface area contributed by atoms with Crippen molar-refractivity contribution in [3.8, 4) is 11.5 Å². The van der Waals surface area contributed by atoms with Crippen LogP contribution in [0, 0.1) is 23.2 Å². The van der Waals surface area contributed by atoms with Gasteiger partial charge in [0.15, 0.2) is 11.5 Å². The molecule has 2 amide bonds. The Morgan fingerprint density at radius 1 is 0.931 bits per heavy atom. The van der Waals surface area contributed by atoms with Crippen LogP contribution in [0.4, 0.5) is 0 Å². The van der Waals surface area contributed by atoms with E-state index in [1.807, 2.05) is 13.8 Å². The Balaban J connectivity index is 1.33. The molecule has 0 spiro atoms. The largest absolute Gasteiger partial charge is 0.490 e. The van der Waals surface area contributed by atoms with Crippen molar-refractivity contribution in [2.24, 2.45) is 23.2 Å². The minimum Gasteiger partial charge on any atom is -0.490 e. The van der Waals surface area contributed by atoms with Gasteiger partial charge in [0.05, 0.1) is 13.2 Å². The second-order valence-electron chi connectivity index (χ2n) is 9.12. The van der Waals surface area contributed by atoms with Crippen molar-refractivity contribution >= 4 is 11.8 Å². The van der Waals surface area contributed by atoms with Crippen molar-refractivity contribution in [3.63, 3.8) is 0 Å². The van der Waals surface area contributed by atoms with Gasteiger partial charge in [0.25, 0.3) is 5.91 Å². The van der Waals surface area contributed by atoms with Crippen LogP contribution >= 0.6 is 0 Å². The van der Waals surface area contributed by atoms with Crippen LogP contribution in [-0.2, 0) is 4.79 Å². The van der Waals surface area contributed by atoms with E-state index in [1.165, 1.54) is 38.5 Å². The summed E-state index contributed by atoms with van der Waals surface area (Å²) in [5, 5.41) is 0. The van der Waals surface area contributed by atoms with Gasteiger partial charge in [-0.05, 0) is 93.7 Å². The molecule has 4 bridgehead atoms. The summed E-state index contributed by atoms with van der Waals surface area (Å²) in [4.78, 5) is 25.1. The van der Waals surface area contributed by atoms with Crippen LogP contribution in [0.25, 0.3) is 0 Å². The third-order valence-electron chi connectivity index (χ3n) is 6.82. The Morgan fingerprint density at radius 2 is 1.52 bits per heavy atom. The number of hydrogen-bond acceptors (Lipinski definition) is 4. The van der Waals surface area contributed by atoms with E-state index in [-0.39, 0.29) is 17.2 Å². The lowest BCUT2D eigenvalue weighted by Gasteiger charge is -2.56. The lowest BCUT2D eigenvalue weighted by molar-refractivity contribution is -0.130. The molecule has 0 unspecified atom stereocenters. The SMILES string of the molecule is CCOc1ccc(C(=O)NNC(=O)CC23CC4CC(CC(C4)C2)C3)cc1OCC. The number of amides is 2. The molecule has 1 aromatic carbocycles. The van der Waals surface area contributed by atoms with Crippen molar-refractivity contribution in [3.05, 3.63) is 23.8 Å². The van der Waals surface area contributed by atoms with Crippen LogP contribution < -0.4 is 20.3 Å². The van der Waals surface area contributed by atoms with Gasteiger partial charge in [-0.1, -0.05) is 0 Å². The van der Waals surface area contributed by atoms with Gasteiger partial charge in [0, 0.05) is 12.0 Å². The molecule has 6 heteroatoms. The van der Waals surface area contributed by atoms with E-state index in [1.54, 1.807) is 18.2 Å². The second kappa shape index (κ2) is 8.25. The van der Waals surface area contributed by atoms with E-state index in [0.717, 1.165) is 17.8 Å². The fourth-order valence-electron chi connectivity index (χ4n) is 6.28. The van der Waals surface area contributed by atoms with E-state index in [0.29, 0.717) is 36.7 Å². The first kappa shape index (κ1) is 20.0. The molecule has 1 aromatic rings. The third-order valence-corrected chi connectivity index (χ3v) is 6.82. The van der Waals surface area contributed by atoms with Crippen LogP contribution in [0.15, 0.2) is 18.2 Å². The first-order chi connectivity index (χ1) is 14.0. The van der Waals surface area contributed by atoms with E-state index >= 15 is 0 Å². The summed E-state index contributed by atoms with van der Waals surface area (Å²) in [6, 6.07) is 5.05.